The number of aromatic nitrogens is 2. The van der Waals surface area contributed by atoms with Gasteiger partial charge in [0.05, 0.1) is 13.2 Å². The molecule has 1 aromatic carbocycles. The molecule has 5 heteroatoms. The molecule has 2 aromatic rings. The number of anilines is 1. The van der Waals surface area contributed by atoms with Crippen molar-refractivity contribution in [1.82, 2.24) is 14.9 Å². The topological polar surface area (TPSA) is 42.3 Å². The number of nitrogens with one attached hydrogen (secondary N) is 1. The maximum Gasteiger partial charge on any atom is 0.108 e. The molecule has 1 N–H and O–H groups in total. The van der Waals surface area contributed by atoms with Crippen LogP contribution in [0.25, 0.3) is 0 Å². The van der Waals surface area contributed by atoms with E-state index < -0.39 is 0 Å². The summed E-state index contributed by atoms with van der Waals surface area (Å²) in [4.78, 5) is 6.90. The van der Waals surface area contributed by atoms with Crippen LogP contribution < -0.4 is 10.2 Å². The van der Waals surface area contributed by atoms with Gasteiger partial charge in [0, 0.05) is 56.7 Å². The highest BCUT2D eigenvalue weighted by molar-refractivity contribution is 5.53. The summed E-state index contributed by atoms with van der Waals surface area (Å²) >= 11 is 0. The molecule has 3 heterocycles. The first-order valence-corrected chi connectivity index (χ1v) is 9.05. The van der Waals surface area contributed by atoms with Gasteiger partial charge < -0.3 is 19.5 Å². The summed E-state index contributed by atoms with van der Waals surface area (Å²) in [5.41, 5.74) is 2.72. The highest BCUT2D eigenvalue weighted by atomic mass is 16.5. The number of imidazole rings is 1. The monoisotopic (exact) mass is 326 g/mol. The maximum atomic E-state index is 5.48. The normalized spacial score (nSPS) is 20.8. The maximum absolute atomic E-state index is 5.48. The zero-order chi connectivity index (χ0) is 16.2. The second-order valence-corrected chi connectivity index (χ2v) is 6.66. The Kier molecular flexibility index (Phi) is 4.81. The first-order valence-electron chi connectivity index (χ1n) is 9.05. The van der Waals surface area contributed by atoms with E-state index in [9.17, 15) is 0 Å². The van der Waals surface area contributed by atoms with E-state index >= 15 is 0 Å². The number of hydrogen-bond acceptors (Lipinski definition) is 4. The van der Waals surface area contributed by atoms with Gasteiger partial charge in [-0.25, -0.2) is 4.98 Å². The molecule has 2 aliphatic rings. The second kappa shape index (κ2) is 7.36. The molecule has 0 amide bonds. The number of fused-ring (bicyclic) bond motifs is 1. The Morgan fingerprint density at radius 1 is 1.21 bits per heavy atom. The smallest absolute Gasteiger partial charge is 0.108 e. The summed E-state index contributed by atoms with van der Waals surface area (Å²) in [6.07, 6.45) is 7.66. The van der Waals surface area contributed by atoms with Gasteiger partial charge in [0.25, 0.3) is 0 Å². The molecule has 0 bridgehead atoms. The first kappa shape index (κ1) is 15.7. The Morgan fingerprint density at radius 2 is 2.08 bits per heavy atom. The zero-order valence-corrected chi connectivity index (χ0v) is 14.2. The quantitative estimate of drug-likeness (QED) is 0.916. The van der Waals surface area contributed by atoms with Crippen LogP contribution >= 0.6 is 0 Å². The fraction of sp³-hybridized carbons (Fsp3) is 0.526. The van der Waals surface area contributed by atoms with Crippen molar-refractivity contribution in [3.8, 4) is 0 Å². The highest BCUT2D eigenvalue weighted by Gasteiger charge is 2.19. The Bertz CT molecular complexity index is 663. The lowest BCUT2D eigenvalue weighted by molar-refractivity contribution is 0.122. The summed E-state index contributed by atoms with van der Waals surface area (Å²) in [5, 5.41) is 3.68. The van der Waals surface area contributed by atoms with E-state index in [0.29, 0.717) is 6.04 Å². The lowest BCUT2D eigenvalue weighted by Crippen LogP contribution is -2.37. The average molecular weight is 326 g/mol. The Morgan fingerprint density at radius 3 is 3.00 bits per heavy atom. The molecule has 1 saturated heterocycles. The van der Waals surface area contributed by atoms with E-state index in [2.05, 4.69) is 50.2 Å². The number of ether oxygens (including phenoxy) is 1. The third-order valence-electron chi connectivity index (χ3n) is 5.12. The van der Waals surface area contributed by atoms with Crippen LogP contribution in [-0.2, 0) is 17.7 Å². The number of nitrogens with zero attached hydrogens (tertiary/aromatic N) is 3. The number of benzene rings is 1. The van der Waals surface area contributed by atoms with Crippen molar-refractivity contribution in [3.05, 3.63) is 48.0 Å². The van der Waals surface area contributed by atoms with Gasteiger partial charge in [0.15, 0.2) is 0 Å². The molecule has 5 nitrogen and oxygen atoms in total. The molecule has 1 atom stereocenters. The molecule has 0 saturated carbocycles. The minimum Gasteiger partial charge on any atom is -0.378 e. The fourth-order valence-electron chi connectivity index (χ4n) is 3.85. The molecule has 2 aliphatic heterocycles. The largest absolute Gasteiger partial charge is 0.378 e. The number of hydrogen-bond donors (Lipinski definition) is 1. The van der Waals surface area contributed by atoms with Crippen molar-refractivity contribution in [1.29, 1.82) is 0 Å². The van der Waals surface area contributed by atoms with E-state index in [-0.39, 0.29) is 0 Å². The Labute approximate surface area is 143 Å². The minimum absolute atomic E-state index is 0.534. The lowest BCUT2D eigenvalue weighted by Gasteiger charge is -2.31. The van der Waals surface area contributed by atoms with Crippen LogP contribution in [0.15, 0.2) is 36.7 Å². The van der Waals surface area contributed by atoms with Gasteiger partial charge in [-0.2, -0.15) is 0 Å². The molecule has 4 rings (SSSR count). The van der Waals surface area contributed by atoms with Gasteiger partial charge >= 0.3 is 0 Å². The average Bonchev–Trinajstić information content (AvgIpc) is 3.12. The number of morpholine rings is 1. The number of aryl methyl sites for hydroxylation is 1. The second-order valence-electron chi connectivity index (χ2n) is 6.66. The summed E-state index contributed by atoms with van der Waals surface area (Å²) in [7, 11) is 0. The molecular formula is C19H26N4O. The molecule has 0 spiro atoms. The fourth-order valence-corrected chi connectivity index (χ4v) is 3.85. The van der Waals surface area contributed by atoms with Crippen LogP contribution in [0, 0.1) is 0 Å². The van der Waals surface area contributed by atoms with Gasteiger partial charge in [-0.3, -0.25) is 0 Å². The summed E-state index contributed by atoms with van der Waals surface area (Å²) in [6.45, 7) is 5.53. The molecule has 1 fully saturated rings. The van der Waals surface area contributed by atoms with E-state index in [1.807, 2.05) is 6.20 Å². The predicted octanol–water partition coefficient (Wildman–Crippen LogP) is 2.39. The highest BCUT2D eigenvalue weighted by Crippen LogP contribution is 2.24. The van der Waals surface area contributed by atoms with Crippen LogP contribution in [-0.4, -0.2) is 42.4 Å². The molecule has 24 heavy (non-hydrogen) atoms. The van der Waals surface area contributed by atoms with Gasteiger partial charge in [-0.15, -0.1) is 0 Å². The Hall–Kier alpha value is -1.85. The Balaban J connectivity index is 1.38. The third-order valence-corrected chi connectivity index (χ3v) is 5.12. The first-order chi connectivity index (χ1) is 11.9. The van der Waals surface area contributed by atoms with E-state index in [1.54, 1.807) is 0 Å². The van der Waals surface area contributed by atoms with Crippen molar-refractivity contribution in [2.45, 2.75) is 31.8 Å². The van der Waals surface area contributed by atoms with Crippen LogP contribution in [0.1, 0.15) is 30.3 Å². The van der Waals surface area contributed by atoms with Crippen molar-refractivity contribution >= 4 is 5.69 Å². The van der Waals surface area contributed by atoms with Gasteiger partial charge in [0.2, 0.25) is 0 Å². The van der Waals surface area contributed by atoms with Crippen molar-refractivity contribution in [3.63, 3.8) is 0 Å². The summed E-state index contributed by atoms with van der Waals surface area (Å²) in [6, 6.07) is 9.27. The molecule has 128 valence electrons. The van der Waals surface area contributed by atoms with Crippen LogP contribution in [0.2, 0.25) is 0 Å². The van der Waals surface area contributed by atoms with Gasteiger partial charge in [-0.05, 0) is 24.5 Å². The third kappa shape index (κ3) is 3.32. The zero-order valence-electron chi connectivity index (χ0n) is 14.2. The minimum atomic E-state index is 0.534. The molecule has 1 unspecified atom stereocenters. The SMILES string of the molecule is c1ccc(N2CCOCC2)c(CNCC2CCCc3nccn32)c1. The van der Waals surface area contributed by atoms with Gasteiger partial charge in [-0.1, -0.05) is 18.2 Å². The van der Waals surface area contributed by atoms with Gasteiger partial charge in [0.1, 0.15) is 5.82 Å². The number of rotatable bonds is 5. The van der Waals surface area contributed by atoms with Crippen molar-refractivity contribution in [2.75, 3.05) is 37.7 Å². The van der Waals surface area contributed by atoms with E-state index in [1.165, 1.54) is 29.9 Å². The van der Waals surface area contributed by atoms with Crippen LogP contribution in [0.5, 0.6) is 0 Å². The molecular weight excluding hydrogens is 300 g/mol. The van der Waals surface area contributed by atoms with Crippen molar-refractivity contribution < 1.29 is 4.74 Å². The van der Waals surface area contributed by atoms with Crippen LogP contribution in [0.4, 0.5) is 5.69 Å². The summed E-state index contributed by atoms with van der Waals surface area (Å²) < 4.78 is 7.83. The molecule has 0 radical (unpaired) electrons. The molecule has 0 aliphatic carbocycles. The predicted molar refractivity (Wildman–Crippen MR) is 95.4 cm³/mol. The standard InChI is InChI=1S/C19H26N4O/c1-2-6-18(22-10-12-24-13-11-22)16(4-1)14-20-15-17-5-3-7-19-21-8-9-23(17)19/h1-2,4,6,8-9,17,20H,3,5,7,10-15H2. The van der Waals surface area contributed by atoms with Crippen molar-refractivity contribution in [2.24, 2.45) is 0 Å². The van der Waals surface area contributed by atoms with E-state index in [4.69, 9.17) is 4.74 Å². The summed E-state index contributed by atoms with van der Waals surface area (Å²) in [5.74, 6) is 1.24. The van der Waals surface area contributed by atoms with E-state index in [0.717, 1.165) is 45.8 Å². The van der Waals surface area contributed by atoms with Crippen LogP contribution in [0.3, 0.4) is 0 Å². The number of para-hydroxylation sites is 1. The lowest BCUT2D eigenvalue weighted by atomic mass is 10.0. The molecule has 1 aromatic heterocycles.